The summed E-state index contributed by atoms with van der Waals surface area (Å²) in [6.45, 7) is 5.11. The third-order valence-electron chi connectivity index (χ3n) is 10.5. The first-order chi connectivity index (χ1) is 29.6. The molecule has 19 nitrogen and oxygen atoms in total. The van der Waals surface area contributed by atoms with Gasteiger partial charge in [-0.05, 0) is 70.4 Å². The van der Waals surface area contributed by atoms with E-state index in [9.17, 15) is 43.6 Å². The lowest BCUT2D eigenvalue weighted by Gasteiger charge is -2.27. The zero-order valence-corrected chi connectivity index (χ0v) is 38.3. The van der Waals surface area contributed by atoms with Gasteiger partial charge in [0, 0.05) is 13.0 Å². The van der Waals surface area contributed by atoms with Gasteiger partial charge in [0.15, 0.2) is 11.9 Å². The maximum Gasteiger partial charge on any atom is 0.527 e. The second-order valence-corrected chi connectivity index (χ2v) is 17.7. The summed E-state index contributed by atoms with van der Waals surface area (Å²) in [4.78, 5) is 75.5. The number of nitrogens with two attached hydrogens (primary N) is 2. The van der Waals surface area contributed by atoms with Crippen LogP contribution in [0.1, 0.15) is 156 Å². The van der Waals surface area contributed by atoms with Crippen LogP contribution >= 0.6 is 7.82 Å². The summed E-state index contributed by atoms with van der Waals surface area (Å²) in [5.41, 5.74) is 11.4. The van der Waals surface area contributed by atoms with Gasteiger partial charge in [0.1, 0.15) is 24.2 Å². The molecule has 1 aliphatic rings. The topological polar surface area (TPSA) is 311 Å². The second-order valence-electron chi connectivity index (χ2n) is 16.3. The molecule has 12 N–H and O–H groups in total. The van der Waals surface area contributed by atoms with Gasteiger partial charge in [-0.25, -0.2) is 9.36 Å². The van der Waals surface area contributed by atoms with Crippen LogP contribution in [0.15, 0.2) is 11.5 Å². The Kier molecular flexibility index (Phi) is 30.4. The molecule has 2 unspecified atom stereocenters. The molecule has 6 atom stereocenters. The molecule has 1 rings (SSSR count). The summed E-state index contributed by atoms with van der Waals surface area (Å²) in [7, 11) is -4.98. The summed E-state index contributed by atoms with van der Waals surface area (Å²) in [6, 6.07) is -2.93. The summed E-state index contributed by atoms with van der Waals surface area (Å²) in [5.74, 6) is -5.69. The van der Waals surface area contributed by atoms with E-state index < -0.39 is 86.6 Å². The van der Waals surface area contributed by atoms with Crippen molar-refractivity contribution in [1.82, 2.24) is 21.3 Å². The van der Waals surface area contributed by atoms with Gasteiger partial charge >= 0.3 is 13.8 Å². The number of amides is 4. The van der Waals surface area contributed by atoms with Crippen molar-refractivity contribution in [3.8, 4) is 0 Å². The normalized spacial score (nSPS) is 16.9. The maximum atomic E-state index is 13.7. The minimum Gasteiger partial charge on any atom is -0.505 e. The molecule has 4 amide bonds. The van der Waals surface area contributed by atoms with Crippen molar-refractivity contribution in [2.45, 2.75) is 186 Å². The molecule has 1 aliphatic heterocycles. The van der Waals surface area contributed by atoms with Crippen LogP contribution in [0.4, 0.5) is 0 Å². The van der Waals surface area contributed by atoms with Gasteiger partial charge in [-0.1, -0.05) is 97.8 Å². The number of aliphatic hydroxyl groups is 3. The summed E-state index contributed by atoms with van der Waals surface area (Å²) >= 11 is 0. The summed E-state index contributed by atoms with van der Waals surface area (Å²) < 4.78 is 26.5. The van der Waals surface area contributed by atoms with Crippen molar-refractivity contribution < 1.29 is 62.5 Å². The third-order valence-corrected chi connectivity index (χ3v) is 11.4. The zero-order valence-electron chi connectivity index (χ0n) is 37.4. The Balaban J connectivity index is 2.71. The Labute approximate surface area is 368 Å². The number of phosphoric acid groups is 1. The highest BCUT2D eigenvalue weighted by Gasteiger charge is 2.43. The van der Waals surface area contributed by atoms with E-state index in [0.29, 0.717) is 51.6 Å². The lowest BCUT2D eigenvalue weighted by atomic mass is 10.0. The molecule has 360 valence electrons. The van der Waals surface area contributed by atoms with Gasteiger partial charge in [-0.2, -0.15) is 0 Å². The minimum absolute atomic E-state index is 0.0221. The summed E-state index contributed by atoms with van der Waals surface area (Å²) in [5, 5.41) is 39.8. The molecule has 20 heteroatoms. The molecule has 1 heterocycles. The average molecular weight is 907 g/mol. The van der Waals surface area contributed by atoms with Crippen molar-refractivity contribution in [1.29, 1.82) is 0 Å². The number of hydrogen-bond donors (Lipinski definition) is 10. The number of unbranched alkanes of at least 4 members (excludes halogenated alkanes) is 14. The van der Waals surface area contributed by atoms with Crippen LogP contribution in [-0.4, -0.2) is 113 Å². The smallest absolute Gasteiger partial charge is 0.505 e. The molecule has 0 spiro atoms. The number of hydrogen-bond acceptors (Lipinski definition) is 14. The average Bonchev–Trinajstić information content (AvgIpc) is 3.50. The molecule has 0 radical (unpaired) electrons. The van der Waals surface area contributed by atoms with E-state index in [1.807, 2.05) is 0 Å². The van der Waals surface area contributed by atoms with Crippen LogP contribution in [0, 0.1) is 5.92 Å². The monoisotopic (exact) mass is 907 g/mol. The Morgan fingerprint density at radius 2 is 1.29 bits per heavy atom. The molecule has 0 aliphatic carbocycles. The van der Waals surface area contributed by atoms with Crippen LogP contribution < -0.4 is 32.7 Å². The number of esters is 1. The van der Waals surface area contributed by atoms with Crippen LogP contribution in [0.3, 0.4) is 0 Å². The second kappa shape index (κ2) is 33.2. The molecule has 0 aromatic carbocycles. The molecule has 0 aromatic heterocycles. The van der Waals surface area contributed by atoms with Gasteiger partial charge in [0.25, 0.3) is 5.76 Å². The van der Waals surface area contributed by atoms with Gasteiger partial charge in [0.05, 0.1) is 13.2 Å². The highest BCUT2D eigenvalue weighted by molar-refractivity contribution is 7.47. The standard InChI is InChI=1S/C42H79N6O13P/c1-4-5-6-7-8-9-10-11-12-13-14-15-16-24-34(51)46-32(23-18-20-26-44)40(54)48-35(30(2)3)41(55)47-31(22-17-19-25-43)39(53)45-27-21-28-59-62(57,58)61-38-36(52)37(33(50)29-49)60-42(38)56/h30-33,35,37,49-50,52H,4-29,43-44H2,1-3H3,(H,45,53)(H,46,51)(H,47,55)(H,48,54)(H,57,58)/t31-,32-,33-,35-,37?/m0/s1. The van der Waals surface area contributed by atoms with E-state index in [-0.39, 0.29) is 31.2 Å². The van der Waals surface area contributed by atoms with E-state index in [4.69, 9.17) is 21.1 Å². The van der Waals surface area contributed by atoms with E-state index >= 15 is 0 Å². The molecule has 0 saturated carbocycles. The van der Waals surface area contributed by atoms with Gasteiger partial charge in [-0.15, -0.1) is 0 Å². The highest BCUT2D eigenvalue weighted by Crippen LogP contribution is 2.47. The van der Waals surface area contributed by atoms with Crippen LogP contribution in [-0.2, 0) is 42.3 Å². The van der Waals surface area contributed by atoms with E-state index in [1.54, 1.807) is 13.8 Å². The Morgan fingerprint density at radius 1 is 0.758 bits per heavy atom. The van der Waals surface area contributed by atoms with E-state index in [1.165, 1.54) is 57.8 Å². The van der Waals surface area contributed by atoms with Crippen molar-refractivity contribution in [3.05, 3.63) is 11.5 Å². The van der Waals surface area contributed by atoms with Crippen LogP contribution in [0.25, 0.3) is 0 Å². The van der Waals surface area contributed by atoms with E-state index in [2.05, 4.69) is 37.5 Å². The fourth-order valence-electron chi connectivity index (χ4n) is 6.77. The first-order valence-electron chi connectivity index (χ1n) is 22.8. The quantitative estimate of drug-likeness (QED) is 0.0241. The Bertz CT molecular complexity index is 1400. The van der Waals surface area contributed by atoms with Gasteiger partial charge < -0.3 is 57.3 Å². The van der Waals surface area contributed by atoms with E-state index in [0.717, 1.165) is 25.7 Å². The first kappa shape index (κ1) is 56.7. The summed E-state index contributed by atoms with van der Waals surface area (Å²) in [6.07, 6.45) is 15.2. The fraction of sp³-hybridized carbons (Fsp3) is 0.833. The predicted molar refractivity (Wildman–Crippen MR) is 234 cm³/mol. The number of aliphatic hydroxyl groups excluding tert-OH is 3. The number of carbonyl (C=O) groups is 5. The number of phosphoric ester groups is 1. The molecule has 0 fully saturated rings. The molecule has 62 heavy (non-hydrogen) atoms. The number of ether oxygens (including phenoxy) is 1. The molecule has 0 aromatic rings. The van der Waals surface area contributed by atoms with Crippen molar-refractivity contribution in [2.75, 3.05) is 32.8 Å². The van der Waals surface area contributed by atoms with Crippen LogP contribution in [0.5, 0.6) is 0 Å². The molecule has 0 bridgehead atoms. The minimum atomic E-state index is -4.98. The SMILES string of the molecule is CCCCCCCCCCCCCCCC(=O)N[C@@H](CCCCN)C(=O)N[C@H](C(=O)N[C@@H](CCCCN)C(=O)NCCCOP(=O)(O)OC1=C(O)C([C@@H](O)CO)OC1=O)C(C)C. The number of cyclic esters (lactones) is 1. The largest absolute Gasteiger partial charge is 0.527 e. The number of nitrogens with one attached hydrogen (secondary N) is 4. The van der Waals surface area contributed by atoms with Crippen LogP contribution in [0.2, 0.25) is 0 Å². The zero-order chi connectivity index (χ0) is 46.3. The lowest BCUT2D eigenvalue weighted by molar-refractivity contribution is -0.147. The predicted octanol–water partition coefficient (Wildman–Crippen LogP) is 3.52. The number of rotatable bonds is 38. The molecule has 0 saturated heterocycles. The molecular weight excluding hydrogens is 827 g/mol. The number of carbonyl (C=O) groups excluding carboxylic acids is 5. The van der Waals surface area contributed by atoms with Crippen molar-refractivity contribution in [3.63, 3.8) is 0 Å². The Morgan fingerprint density at radius 3 is 1.81 bits per heavy atom. The van der Waals surface area contributed by atoms with Gasteiger partial charge in [-0.3, -0.25) is 28.6 Å². The van der Waals surface area contributed by atoms with Crippen molar-refractivity contribution >= 4 is 37.4 Å². The first-order valence-corrected chi connectivity index (χ1v) is 24.3. The lowest BCUT2D eigenvalue weighted by Crippen LogP contribution is -2.58. The van der Waals surface area contributed by atoms with Gasteiger partial charge in [0.2, 0.25) is 23.6 Å². The van der Waals surface area contributed by atoms with Crippen molar-refractivity contribution in [2.24, 2.45) is 17.4 Å². The Hall–Kier alpha value is -3.32. The maximum absolute atomic E-state index is 13.7. The fourth-order valence-corrected chi connectivity index (χ4v) is 7.58. The highest BCUT2D eigenvalue weighted by atomic mass is 31.2. The third kappa shape index (κ3) is 23.9. The molecular formula is C42H79N6O13P.